The third-order valence-corrected chi connectivity index (χ3v) is 3.88. The molecule has 0 unspecified atom stereocenters. The van der Waals surface area contributed by atoms with Gasteiger partial charge in [-0.25, -0.2) is 0 Å². The molecule has 0 amide bonds. The maximum atomic E-state index is 12.3. The second-order valence-electron chi connectivity index (χ2n) is 5.51. The number of aromatic nitrogens is 1. The van der Waals surface area contributed by atoms with Gasteiger partial charge in [-0.2, -0.15) is 5.26 Å². The Kier molecular flexibility index (Phi) is 4.17. The van der Waals surface area contributed by atoms with Crippen LogP contribution in [-0.2, 0) is 0 Å². The lowest BCUT2D eigenvalue weighted by molar-refractivity contribution is 0.415. The van der Waals surface area contributed by atoms with Gasteiger partial charge in [0.2, 0.25) is 0 Å². The lowest BCUT2D eigenvalue weighted by atomic mass is 9.98. The Morgan fingerprint density at radius 1 is 1.04 bits per heavy atom. The fourth-order valence-corrected chi connectivity index (χ4v) is 2.64. The molecule has 1 aromatic heterocycles. The molecule has 1 N–H and O–H groups in total. The summed E-state index contributed by atoms with van der Waals surface area (Å²) in [6.45, 7) is 1.98. The van der Waals surface area contributed by atoms with Crippen molar-refractivity contribution in [3.8, 4) is 34.2 Å². The minimum absolute atomic E-state index is 0.123. The van der Waals surface area contributed by atoms with Crippen molar-refractivity contribution in [1.82, 2.24) is 4.98 Å². The van der Waals surface area contributed by atoms with Crippen molar-refractivity contribution in [3.63, 3.8) is 0 Å². The first-order valence-corrected chi connectivity index (χ1v) is 7.51. The molecule has 24 heavy (non-hydrogen) atoms. The van der Waals surface area contributed by atoms with Crippen molar-refractivity contribution in [3.05, 3.63) is 76.1 Å². The maximum absolute atomic E-state index is 12.3. The second kappa shape index (κ2) is 6.43. The standard InChI is InChI=1S/C20H16N2O2/c1-13-4-3-5-15(10-13)17-11-19(22-20(23)18(17)12-21)14-6-8-16(24-2)9-7-14/h3-11H,1-2H3,(H,22,23). The molecule has 0 radical (unpaired) electrons. The van der Waals surface area contributed by atoms with Gasteiger partial charge in [-0.15, -0.1) is 0 Å². The predicted molar refractivity (Wildman–Crippen MR) is 93.9 cm³/mol. The topological polar surface area (TPSA) is 65.9 Å². The fraction of sp³-hybridized carbons (Fsp3) is 0.100. The van der Waals surface area contributed by atoms with Crippen LogP contribution in [-0.4, -0.2) is 12.1 Å². The maximum Gasteiger partial charge on any atom is 0.266 e. The zero-order chi connectivity index (χ0) is 17.1. The van der Waals surface area contributed by atoms with Gasteiger partial charge in [0.05, 0.1) is 7.11 Å². The number of benzene rings is 2. The Bertz CT molecular complexity index is 980. The first-order chi connectivity index (χ1) is 11.6. The molecule has 0 saturated carbocycles. The van der Waals surface area contributed by atoms with Crippen LogP contribution in [0.25, 0.3) is 22.4 Å². The van der Waals surface area contributed by atoms with Crippen LogP contribution in [0.15, 0.2) is 59.4 Å². The number of aromatic amines is 1. The number of aryl methyl sites for hydroxylation is 1. The molecule has 3 aromatic rings. The molecule has 0 saturated heterocycles. The van der Waals surface area contributed by atoms with Crippen LogP contribution in [0.2, 0.25) is 0 Å². The Balaban J connectivity index is 2.20. The number of nitrogens with one attached hydrogen (secondary N) is 1. The Morgan fingerprint density at radius 2 is 1.79 bits per heavy atom. The summed E-state index contributed by atoms with van der Waals surface area (Å²) in [7, 11) is 1.61. The first kappa shape index (κ1) is 15.6. The molecule has 4 nitrogen and oxygen atoms in total. The van der Waals surface area contributed by atoms with Gasteiger partial charge in [0, 0.05) is 11.3 Å². The highest BCUT2D eigenvalue weighted by molar-refractivity contribution is 5.75. The normalized spacial score (nSPS) is 10.2. The second-order valence-corrected chi connectivity index (χ2v) is 5.51. The molecular weight excluding hydrogens is 300 g/mol. The number of H-pyrrole nitrogens is 1. The summed E-state index contributed by atoms with van der Waals surface area (Å²) < 4.78 is 5.16. The molecule has 3 rings (SSSR count). The van der Waals surface area contributed by atoms with Gasteiger partial charge >= 0.3 is 0 Å². The number of rotatable bonds is 3. The van der Waals surface area contributed by atoms with Crippen LogP contribution in [0.5, 0.6) is 5.75 Å². The summed E-state index contributed by atoms with van der Waals surface area (Å²) >= 11 is 0. The van der Waals surface area contributed by atoms with E-state index in [1.54, 1.807) is 7.11 Å². The van der Waals surface area contributed by atoms with Crippen molar-refractivity contribution >= 4 is 0 Å². The average molecular weight is 316 g/mol. The van der Waals surface area contributed by atoms with E-state index in [4.69, 9.17) is 4.74 Å². The molecule has 0 atom stereocenters. The van der Waals surface area contributed by atoms with Crippen LogP contribution >= 0.6 is 0 Å². The molecular formula is C20H16N2O2. The largest absolute Gasteiger partial charge is 0.497 e. The van der Waals surface area contributed by atoms with E-state index in [2.05, 4.69) is 4.98 Å². The highest BCUT2D eigenvalue weighted by Gasteiger charge is 2.12. The van der Waals surface area contributed by atoms with E-state index in [0.29, 0.717) is 11.3 Å². The summed E-state index contributed by atoms with van der Waals surface area (Å²) in [5.41, 5.74) is 3.82. The van der Waals surface area contributed by atoms with Gasteiger partial charge in [0.25, 0.3) is 5.56 Å². The van der Waals surface area contributed by atoms with Gasteiger partial charge in [-0.1, -0.05) is 29.8 Å². The smallest absolute Gasteiger partial charge is 0.266 e. The van der Waals surface area contributed by atoms with Gasteiger partial charge < -0.3 is 9.72 Å². The van der Waals surface area contributed by atoms with Crippen LogP contribution < -0.4 is 10.3 Å². The number of ether oxygens (including phenoxy) is 1. The molecule has 0 fully saturated rings. The van der Waals surface area contributed by atoms with Gasteiger partial charge in [-0.05, 0) is 48.4 Å². The molecule has 0 aliphatic rings. The lowest BCUT2D eigenvalue weighted by Crippen LogP contribution is -2.12. The lowest BCUT2D eigenvalue weighted by Gasteiger charge is -2.09. The highest BCUT2D eigenvalue weighted by Crippen LogP contribution is 2.27. The van der Waals surface area contributed by atoms with E-state index in [-0.39, 0.29) is 11.1 Å². The van der Waals surface area contributed by atoms with Gasteiger partial charge in [0.15, 0.2) is 0 Å². The van der Waals surface area contributed by atoms with Gasteiger partial charge in [0.1, 0.15) is 17.4 Å². The van der Waals surface area contributed by atoms with E-state index >= 15 is 0 Å². The minimum Gasteiger partial charge on any atom is -0.497 e. The molecule has 0 spiro atoms. The highest BCUT2D eigenvalue weighted by atomic mass is 16.5. The van der Waals surface area contributed by atoms with Crippen LogP contribution in [0.3, 0.4) is 0 Å². The van der Waals surface area contributed by atoms with Crippen LogP contribution in [0.1, 0.15) is 11.1 Å². The third-order valence-electron chi connectivity index (χ3n) is 3.88. The van der Waals surface area contributed by atoms with E-state index in [1.807, 2.05) is 67.6 Å². The summed E-state index contributed by atoms with van der Waals surface area (Å²) in [4.78, 5) is 15.1. The SMILES string of the molecule is COc1ccc(-c2cc(-c3cccc(C)c3)c(C#N)c(=O)[nH]2)cc1. The number of nitrogens with zero attached hydrogens (tertiary/aromatic N) is 1. The fourth-order valence-electron chi connectivity index (χ4n) is 2.64. The monoisotopic (exact) mass is 316 g/mol. The zero-order valence-corrected chi connectivity index (χ0v) is 13.5. The molecule has 0 bridgehead atoms. The Hall–Kier alpha value is -3.32. The van der Waals surface area contributed by atoms with Crippen molar-refractivity contribution in [2.75, 3.05) is 7.11 Å². The average Bonchev–Trinajstić information content (AvgIpc) is 2.61. The van der Waals surface area contributed by atoms with E-state index in [1.165, 1.54) is 0 Å². The van der Waals surface area contributed by atoms with Crippen molar-refractivity contribution < 1.29 is 4.74 Å². The van der Waals surface area contributed by atoms with Crippen LogP contribution in [0, 0.1) is 18.3 Å². The molecule has 2 aromatic carbocycles. The summed E-state index contributed by atoms with van der Waals surface area (Å²) in [5, 5.41) is 9.37. The summed E-state index contributed by atoms with van der Waals surface area (Å²) in [6.07, 6.45) is 0. The van der Waals surface area contributed by atoms with E-state index in [9.17, 15) is 10.1 Å². The van der Waals surface area contributed by atoms with Crippen molar-refractivity contribution in [2.45, 2.75) is 6.92 Å². The molecule has 1 heterocycles. The van der Waals surface area contributed by atoms with E-state index < -0.39 is 0 Å². The van der Waals surface area contributed by atoms with Gasteiger partial charge in [-0.3, -0.25) is 4.79 Å². The minimum atomic E-state index is -0.387. The summed E-state index contributed by atoms with van der Waals surface area (Å²) in [6, 6.07) is 19.0. The zero-order valence-electron chi connectivity index (χ0n) is 13.5. The number of methoxy groups -OCH3 is 1. The van der Waals surface area contributed by atoms with Crippen LogP contribution in [0.4, 0.5) is 0 Å². The Morgan fingerprint density at radius 3 is 2.42 bits per heavy atom. The first-order valence-electron chi connectivity index (χ1n) is 7.51. The number of nitriles is 1. The number of hydrogen-bond acceptors (Lipinski definition) is 3. The summed E-state index contributed by atoms with van der Waals surface area (Å²) in [5.74, 6) is 0.744. The third kappa shape index (κ3) is 2.92. The van der Waals surface area contributed by atoms with E-state index in [0.717, 1.165) is 22.4 Å². The van der Waals surface area contributed by atoms with Crippen molar-refractivity contribution in [1.29, 1.82) is 5.26 Å². The Labute approximate surface area is 140 Å². The molecule has 0 aliphatic carbocycles. The number of pyridine rings is 1. The number of hydrogen-bond donors (Lipinski definition) is 1. The molecule has 4 heteroatoms. The predicted octanol–water partition coefficient (Wildman–Crippen LogP) is 3.90. The molecule has 118 valence electrons. The quantitative estimate of drug-likeness (QED) is 0.797. The molecule has 0 aliphatic heterocycles. The van der Waals surface area contributed by atoms with Crippen molar-refractivity contribution in [2.24, 2.45) is 0 Å².